The average molecular weight is 301 g/mol. The minimum absolute atomic E-state index is 0.264. The number of benzene rings is 1. The van der Waals surface area contributed by atoms with Gasteiger partial charge in [-0.05, 0) is 30.4 Å². The van der Waals surface area contributed by atoms with Crippen LogP contribution in [0.15, 0.2) is 24.3 Å². The van der Waals surface area contributed by atoms with Gasteiger partial charge < -0.3 is 10.1 Å². The van der Waals surface area contributed by atoms with Crippen LogP contribution in [0.4, 0.5) is 18.9 Å². The first-order valence-corrected chi connectivity index (χ1v) is 7.42. The molecule has 0 amide bonds. The summed E-state index contributed by atoms with van der Waals surface area (Å²) in [6.07, 6.45) is -0.917. The zero-order chi connectivity index (χ0) is 15.5. The molecule has 1 aromatic rings. The summed E-state index contributed by atoms with van der Waals surface area (Å²) in [6, 6.07) is 7.12. The second kappa shape index (κ2) is 6.58. The van der Waals surface area contributed by atoms with Gasteiger partial charge in [0.05, 0.1) is 5.69 Å². The molecule has 0 saturated heterocycles. The largest absolute Gasteiger partial charge is 0.482 e. The van der Waals surface area contributed by atoms with Gasteiger partial charge in [-0.3, -0.25) is 0 Å². The van der Waals surface area contributed by atoms with Crippen LogP contribution in [0, 0.1) is 11.8 Å². The number of para-hydroxylation sites is 2. The van der Waals surface area contributed by atoms with Crippen molar-refractivity contribution in [2.45, 2.75) is 45.3 Å². The van der Waals surface area contributed by atoms with Crippen molar-refractivity contribution < 1.29 is 17.9 Å². The molecule has 2 nitrogen and oxygen atoms in total. The van der Waals surface area contributed by atoms with Crippen molar-refractivity contribution in [3.05, 3.63) is 24.3 Å². The van der Waals surface area contributed by atoms with Crippen molar-refractivity contribution in [2.24, 2.45) is 11.8 Å². The Morgan fingerprint density at radius 1 is 1.19 bits per heavy atom. The lowest BCUT2D eigenvalue weighted by molar-refractivity contribution is -0.153. The van der Waals surface area contributed by atoms with Crippen LogP contribution in [0.5, 0.6) is 5.75 Å². The maximum absolute atomic E-state index is 12.3. The lowest BCUT2D eigenvalue weighted by Crippen LogP contribution is -2.35. The van der Waals surface area contributed by atoms with Crippen molar-refractivity contribution in [3.8, 4) is 5.75 Å². The third-order valence-electron chi connectivity index (χ3n) is 4.33. The highest BCUT2D eigenvalue weighted by molar-refractivity contribution is 5.56. The predicted molar refractivity (Wildman–Crippen MR) is 77.6 cm³/mol. The van der Waals surface area contributed by atoms with Crippen LogP contribution in [-0.4, -0.2) is 18.8 Å². The van der Waals surface area contributed by atoms with Gasteiger partial charge in [-0.15, -0.1) is 0 Å². The minimum Gasteiger partial charge on any atom is -0.482 e. The molecule has 0 aromatic heterocycles. The Labute approximate surface area is 123 Å². The van der Waals surface area contributed by atoms with Gasteiger partial charge in [-0.25, -0.2) is 0 Å². The van der Waals surface area contributed by atoms with Crippen LogP contribution in [-0.2, 0) is 0 Å². The van der Waals surface area contributed by atoms with E-state index in [9.17, 15) is 13.2 Å². The van der Waals surface area contributed by atoms with Crippen molar-refractivity contribution in [1.29, 1.82) is 0 Å². The fraction of sp³-hybridized carbons (Fsp3) is 0.625. The number of hydrogen-bond acceptors (Lipinski definition) is 2. The van der Waals surface area contributed by atoms with E-state index < -0.39 is 12.8 Å². The number of alkyl halides is 3. The van der Waals surface area contributed by atoms with Gasteiger partial charge in [0, 0.05) is 6.04 Å². The summed E-state index contributed by atoms with van der Waals surface area (Å²) >= 11 is 0. The fourth-order valence-electron chi connectivity index (χ4n) is 2.86. The molecule has 1 aliphatic carbocycles. The van der Waals surface area contributed by atoms with E-state index in [1.165, 1.54) is 6.42 Å². The van der Waals surface area contributed by atoms with Gasteiger partial charge in [0.25, 0.3) is 0 Å². The Balaban J connectivity index is 2.05. The molecule has 5 heteroatoms. The van der Waals surface area contributed by atoms with Crippen LogP contribution in [0.3, 0.4) is 0 Å². The molecular formula is C16H22F3NO. The van der Waals surface area contributed by atoms with Gasteiger partial charge in [0.1, 0.15) is 5.75 Å². The highest BCUT2D eigenvalue weighted by atomic mass is 19.4. The molecule has 0 heterocycles. The zero-order valence-corrected chi connectivity index (χ0v) is 12.4. The Morgan fingerprint density at radius 3 is 2.62 bits per heavy atom. The number of rotatable bonds is 4. The normalized spacial score (nSPS) is 26.4. The lowest BCUT2D eigenvalue weighted by Gasteiger charge is -2.35. The highest BCUT2D eigenvalue weighted by Crippen LogP contribution is 2.34. The first-order valence-electron chi connectivity index (χ1n) is 7.42. The maximum atomic E-state index is 12.3. The molecule has 118 valence electrons. The van der Waals surface area contributed by atoms with Crippen LogP contribution in [0.25, 0.3) is 0 Å². The number of nitrogens with one attached hydrogen (secondary N) is 1. The molecule has 0 bridgehead atoms. The zero-order valence-electron chi connectivity index (χ0n) is 12.4. The van der Waals surface area contributed by atoms with E-state index in [0.717, 1.165) is 12.8 Å². The number of ether oxygens (including phenoxy) is 1. The van der Waals surface area contributed by atoms with E-state index in [4.69, 9.17) is 4.74 Å². The van der Waals surface area contributed by atoms with Crippen LogP contribution in [0.1, 0.15) is 33.1 Å². The molecule has 3 atom stereocenters. The Bertz CT molecular complexity index is 461. The summed E-state index contributed by atoms with van der Waals surface area (Å²) in [7, 11) is 0. The molecule has 1 N–H and O–H groups in total. The predicted octanol–water partition coefficient (Wildman–Crippen LogP) is 4.86. The fourth-order valence-corrected chi connectivity index (χ4v) is 2.86. The molecule has 3 unspecified atom stereocenters. The van der Waals surface area contributed by atoms with Crippen LogP contribution < -0.4 is 10.1 Å². The lowest BCUT2D eigenvalue weighted by atomic mass is 9.78. The van der Waals surface area contributed by atoms with Crippen molar-refractivity contribution in [3.63, 3.8) is 0 Å². The second-order valence-corrected chi connectivity index (χ2v) is 5.92. The second-order valence-electron chi connectivity index (χ2n) is 5.92. The molecule has 0 aliphatic heterocycles. The van der Waals surface area contributed by atoms with E-state index in [-0.39, 0.29) is 11.8 Å². The molecule has 1 aromatic carbocycles. The third kappa shape index (κ3) is 4.55. The summed E-state index contributed by atoms with van der Waals surface area (Å²) in [5.41, 5.74) is 0.646. The van der Waals surface area contributed by atoms with Gasteiger partial charge in [0.2, 0.25) is 0 Å². The smallest absolute Gasteiger partial charge is 0.422 e. The molecule has 1 aliphatic rings. The van der Waals surface area contributed by atoms with Crippen molar-refractivity contribution >= 4 is 5.69 Å². The van der Waals surface area contributed by atoms with E-state index in [0.29, 0.717) is 17.5 Å². The topological polar surface area (TPSA) is 21.3 Å². The van der Waals surface area contributed by atoms with Crippen molar-refractivity contribution in [1.82, 2.24) is 0 Å². The Morgan fingerprint density at radius 2 is 1.90 bits per heavy atom. The van der Waals surface area contributed by atoms with Crippen LogP contribution >= 0.6 is 0 Å². The Kier molecular flexibility index (Phi) is 5.01. The van der Waals surface area contributed by atoms with E-state index in [1.807, 2.05) is 0 Å². The van der Waals surface area contributed by atoms with Crippen molar-refractivity contribution in [2.75, 3.05) is 11.9 Å². The first kappa shape index (κ1) is 16.0. The minimum atomic E-state index is -4.32. The van der Waals surface area contributed by atoms with Gasteiger partial charge >= 0.3 is 6.18 Å². The standard InChI is InChI=1S/C16H22F3NO/c1-11-6-5-8-13(12(11)2)20-14-7-3-4-9-15(14)21-10-16(17,18)19/h3-4,7,9,11-13,20H,5-6,8,10H2,1-2H3. The molecule has 0 spiro atoms. The number of anilines is 1. The van der Waals surface area contributed by atoms with Gasteiger partial charge in [-0.2, -0.15) is 13.2 Å². The summed E-state index contributed by atoms with van der Waals surface area (Å²) in [6.45, 7) is 3.16. The molecule has 21 heavy (non-hydrogen) atoms. The van der Waals surface area contributed by atoms with Gasteiger partial charge in [-0.1, -0.05) is 38.8 Å². The van der Waals surface area contributed by atoms with Crippen LogP contribution in [0.2, 0.25) is 0 Å². The monoisotopic (exact) mass is 301 g/mol. The average Bonchev–Trinajstić information content (AvgIpc) is 2.42. The molecular weight excluding hydrogens is 279 g/mol. The summed E-state index contributed by atoms with van der Waals surface area (Å²) in [4.78, 5) is 0. The molecule has 1 fully saturated rings. The van der Waals surface area contributed by atoms with Gasteiger partial charge in [0.15, 0.2) is 6.61 Å². The number of halogens is 3. The Hall–Kier alpha value is -1.39. The van der Waals surface area contributed by atoms with E-state index in [1.54, 1.807) is 24.3 Å². The third-order valence-corrected chi connectivity index (χ3v) is 4.33. The molecule has 2 rings (SSSR count). The number of hydrogen-bond donors (Lipinski definition) is 1. The molecule has 0 radical (unpaired) electrons. The summed E-state index contributed by atoms with van der Waals surface area (Å²) in [5.74, 6) is 1.38. The quantitative estimate of drug-likeness (QED) is 0.857. The highest BCUT2D eigenvalue weighted by Gasteiger charge is 2.30. The SMILES string of the molecule is CC1CCCC(Nc2ccccc2OCC(F)(F)F)C1C. The molecule has 1 saturated carbocycles. The van der Waals surface area contributed by atoms with E-state index in [2.05, 4.69) is 19.2 Å². The summed E-state index contributed by atoms with van der Waals surface area (Å²) < 4.78 is 41.8. The summed E-state index contributed by atoms with van der Waals surface area (Å²) in [5, 5.41) is 3.37. The van der Waals surface area contributed by atoms with E-state index >= 15 is 0 Å². The maximum Gasteiger partial charge on any atom is 0.422 e. The first-order chi connectivity index (χ1) is 9.87.